The number of carbonyl (C=O) groups excluding carboxylic acids is 2. The van der Waals surface area contributed by atoms with Crippen LogP contribution in [0.5, 0.6) is 0 Å². The van der Waals surface area contributed by atoms with Crippen LogP contribution in [-0.2, 0) is 16.1 Å². The van der Waals surface area contributed by atoms with E-state index < -0.39 is 24.6 Å². The van der Waals surface area contributed by atoms with Crippen LogP contribution in [0, 0.1) is 5.92 Å². The van der Waals surface area contributed by atoms with E-state index >= 15 is 0 Å². The lowest BCUT2D eigenvalue weighted by molar-refractivity contribution is -0.144. The fourth-order valence-electron chi connectivity index (χ4n) is 4.16. The van der Waals surface area contributed by atoms with Crippen LogP contribution in [-0.4, -0.2) is 62.6 Å². The van der Waals surface area contributed by atoms with E-state index in [0.717, 1.165) is 5.56 Å². The van der Waals surface area contributed by atoms with Gasteiger partial charge in [-0.1, -0.05) is 42.7 Å². The number of oxime groups is 1. The highest BCUT2D eigenvalue weighted by Gasteiger charge is 2.48. The number of carbonyl (C=O) groups is 2. The molecule has 1 aromatic carbocycles. The van der Waals surface area contributed by atoms with Crippen LogP contribution < -0.4 is 10.6 Å². The number of hydrogen-bond acceptors (Lipinski definition) is 7. The van der Waals surface area contributed by atoms with Crippen molar-refractivity contribution in [1.82, 2.24) is 20.4 Å². The smallest absolute Gasteiger partial charge is 0.426 e. The molecule has 3 rings (SSSR count). The van der Waals surface area contributed by atoms with Gasteiger partial charge in [0.15, 0.2) is 0 Å². The van der Waals surface area contributed by atoms with Gasteiger partial charge in [0.1, 0.15) is 5.69 Å². The lowest BCUT2D eigenvalue weighted by Crippen LogP contribution is -2.56. The van der Waals surface area contributed by atoms with Gasteiger partial charge in [-0.15, -0.1) is 0 Å². The average Bonchev–Trinajstić information content (AvgIpc) is 3.45. The van der Waals surface area contributed by atoms with E-state index in [1.807, 2.05) is 33.8 Å². The Balaban J connectivity index is 1.76. The van der Waals surface area contributed by atoms with Crippen molar-refractivity contribution >= 4 is 36.2 Å². The number of halogens is 1. The summed E-state index contributed by atoms with van der Waals surface area (Å²) in [5.74, 6) is -1.60. The number of aromatic nitrogens is 2. The van der Waals surface area contributed by atoms with E-state index in [-0.39, 0.29) is 37.3 Å². The number of benzene rings is 1. The Hall–Kier alpha value is -2.89. The molecule has 36 heavy (non-hydrogen) atoms. The molecule has 0 aliphatic carbocycles. The monoisotopic (exact) mass is 517 g/mol. The van der Waals surface area contributed by atoms with Crippen molar-refractivity contribution in [3.63, 3.8) is 0 Å². The Bertz CT molecular complexity index is 1110. The third-order valence-electron chi connectivity index (χ3n) is 5.88. The summed E-state index contributed by atoms with van der Waals surface area (Å²) in [5, 5.41) is 34.0. The van der Waals surface area contributed by atoms with Gasteiger partial charge in [0.2, 0.25) is 5.60 Å². The Morgan fingerprint density at radius 2 is 2.00 bits per heavy atom. The second kappa shape index (κ2) is 11.9. The molecule has 0 saturated carbocycles. The molecule has 4 N–H and O–H groups in total. The summed E-state index contributed by atoms with van der Waals surface area (Å²) >= 11 is 6.14. The second-order valence-corrected chi connectivity index (χ2v) is 10.2. The summed E-state index contributed by atoms with van der Waals surface area (Å²) in [6.45, 7) is 7.77. The first-order chi connectivity index (χ1) is 17.0. The molecule has 0 saturated heterocycles. The fourth-order valence-corrected chi connectivity index (χ4v) is 4.37. The van der Waals surface area contributed by atoms with Crippen LogP contribution in [0.3, 0.4) is 0 Å². The molecule has 1 aliphatic heterocycles. The van der Waals surface area contributed by atoms with Crippen molar-refractivity contribution in [3.8, 4) is 0 Å². The van der Waals surface area contributed by atoms with Crippen molar-refractivity contribution in [2.75, 3.05) is 6.54 Å². The number of rotatable bonds is 11. The summed E-state index contributed by atoms with van der Waals surface area (Å²) in [5.41, 5.74) is 0.208. The normalized spacial score (nSPS) is 18.1. The minimum Gasteiger partial charge on any atom is -0.426 e. The first-order valence-electron chi connectivity index (χ1n) is 12.0. The van der Waals surface area contributed by atoms with Gasteiger partial charge < -0.3 is 25.5 Å². The maximum Gasteiger partial charge on any atom is 0.475 e. The van der Waals surface area contributed by atoms with E-state index in [0.29, 0.717) is 22.8 Å². The van der Waals surface area contributed by atoms with E-state index in [1.165, 1.54) is 0 Å². The van der Waals surface area contributed by atoms with Gasteiger partial charge in [0.05, 0.1) is 18.2 Å². The molecule has 2 amide bonds. The van der Waals surface area contributed by atoms with Gasteiger partial charge in [-0.2, -0.15) is 5.10 Å². The zero-order chi connectivity index (χ0) is 26.5. The first kappa shape index (κ1) is 27.7. The highest BCUT2D eigenvalue weighted by atomic mass is 35.5. The zero-order valence-electron chi connectivity index (χ0n) is 20.9. The molecule has 2 atom stereocenters. The van der Waals surface area contributed by atoms with Gasteiger partial charge in [-0.05, 0) is 49.9 Å². The van der Waals surface area contributed by atoms with Gasteiger partial charge in [-0.25, -0.2) is 0 Å². The molecule has 1 aliphatic rings. The molecular weight excluding hydrogens is 485 g/mol. The molecule has 194 valence electrons. The molecule has 2 aromatic rings. The number of amides is 2. The first-order valence-corrected chi connectivity index (χ1v) is 12.4. The maximum atomic E-state index is 13.5. The molecule has 0 fully saturated rings. The van der Waals surface area contributed by atoms with E-state index in [4.69, 9.17) is 16.4 Å². The summed E-state index contributed by atoms with van der Waals surface area (Å²) < 4.78 is 1.62. The summed E-state index contributed by atoms with van der Waals surface area (Å²) in [4.78, 5) is 31.9. The lowest BCUT2D eigenvalue weighted by Gasteiger charge is -2.29. The van der Waals surface area contributed by atoms with Gasteiger partial charge in [0.25, 0.3) is 11.8 Å². The third kappa shape index (κ3) is 6.86. The molecule has 0 bridgehead atoms. The highest BCUT2D eigenvalue weighted by Crippen LogP contribution is 2.30. The van der Waals surface area contributed by atoms with Gasteiger partial charge in [0, 0.05) is 30.1 Å². The van der Waals surface area contributed by atoms with Gasteiger partial charge in [-0.3, -0.25) is 14.3 Å². The fraction of sp³-hybridized carbons (Fsp3) is 0.500. The van der Waals surface area contributed by atoms with Crippen molar-refractivity contribution in [2.24, 2.45) is 11.1 Å². The average molecular weight is 518 g/mol. The number of nitrogens with one attached hydrogen (secondary N) is 2. The summed E-state index contributed by atoms with van der Waals surface area (Å²) in [6, 6.07) is 8.71. The van der Waals surface area contributed by atoms with Crippen molar-refractivity contribution < 1.29 is 24.5 Å². The summed E-state index contributed by atoms with van der Waals surface area (Å²) in [6.07, 6.45) is 2.18. The molecule has 10 nitrogen and oxygen atoms in total. The van der Waals surface area contributed by atoms with Crippen molar-refractivity contribution in [3.05, 3.63) is 52.8 Å². The molecular formula is C24H33BClN5O5. The highest BCUT2D eigenvalue weighted by molar-refractivity contribution is 6.43. The van der Waals surface area contributed by atoms with Crippen LogP contribution in [0.2, 0.25) is 5.02 Å². The molecule has 0 spiro atoms. The minimum atomic E-state index is -1.73. The minimum absolute atomic E-state index is 0.0163. The van der Waals surface area contributed by atoms with Crippen LogP contribution >= 0.6 is 11.6 Å². The molecule has 12 heteroatoms. The summed E-state index contributed by atoms with van der Waals surface area (Å²) in [7, 11) is -1.73. The van der Waals surface area contributed by atoms with Crippen LogP contribution in [0.4, 0.5) is 0 Å². The Kier molecular flexibility index (Phi) is 9.16. The quantitative estimate of drug-likeness (QED) is 0.337. The van der Waals surface area contributed by atoms with E-state index in [9.17, 15) is 19.6 Å². The largest absolute Gasteiger partial charge is 0.475 e. The van der Waals surface area contributed by atoms with Crippen LogP contribution in [0.15, 0.2) is 41.7 Å². The maximum absolute atomic E-state index is 13.5. The van der Waals surface area contributed by atoms with E-state index in [2.05, 4.69) is 20.9 Å². The number of nitrogens with zero attached hydrogens (tertiary/aromatic N) is 3. The van der Waals surface area contributed by atoms with Crippen LogP contribution in [0.1, 0.15) is 62.6 Å². The van der Waals surface area contributed by atoms with Gasteiger partial charge >= 0.3 is 7.12 Å². The Labute approximate surface area is 216 Å². The molecule has 2 heterocycles. The second-order valence-electron chi connectivity index (χ2n) is 9.79. The lowest BCUT2D eigenvalue weighted by atomic mass is 9.74. The van der Waals surface area contributed by atoms with Crippen molar-refractivity contribution in [1.29, 1.82) is 0 Å². The molecule has 1 unspecified atom stereocenters. The number of hydrogen-bond donors (Lipinski definition) is 4. The Morgan fingerprint density at radius 3 is 2.64 bits per heavy atom. The predicted octanol–water partition coefficient (Wildman–Crippen LogP) is 2.15. The van der Waals surface area contributed by atoms with E-state index in [1.54, 1.807) is 35.1 Å². The SMILES string of the molecule is CC(C)C[C@H](NC(=O)C1(Cc2cccc(Cl)c2)CC(CNC(=O)c2ccnn2C(C)C)=NO1)B(O)O. The Morgan fingerprint density at radius 1 is 1.25 bits per heavy atom. The zero-order valence-corrected chi connectivity index (χ0v) is 21.7. The standard InChI is InChI=1S/C24H33BClN5O5/c1-15(2)10-21(25(34)35)29-23(33)24(12-17-6-5-7-18(26)11-17)13-19(30-36-24)14-27-22(32)20-8-9-28-31(20)16(3)4/h5-9,11,15-16,21,34-35H,10,12-14H2,1-4H3,(H,27,32)(H,29,33)/t21-,24?/m0/s1. The third-order valence-corrected chi connectivity index (χ3v) is 6.11. The topological polar surface area (TPSA) is 138 Å². The molecule has 0 radical (unpaired) electrons. The molecule has 1 aromatic heterocycles. The van der Waals surface area contributed by atoms with Crippen molar-refractivity contribution in [2.45, 2.75) is 64.5 Å². The predicted molar refractivity (Wildman–Crippen MR) is 138 cm³/mol. The van der Waals surface area contributed by atoms with Crippen LogP contribution in [0.25, 0.3) is 0 Å².